The maximum Gasteiger partial charge on any atom is 0.253 e. The van der Waals surface area contributed by atoms with E-state index in [1.807, 2.05) is 0 Å². The number of hydrogen-bond donors (Lipinski definition) is 3. The monoisotopic (exact) mass is 325 g/mol. The zero-order valence-corrected chi connectivity index (χ0v) is 13.5. The summed E-state index contributed by atoms with van der Waals surface area (Å²) in [5.41, 5.74) is 6.32. The molecule has 22 heavy (non-hydrogen) atoms. The third kappa shape index (κ3) is 4.45. The lowest BCUT2D eigenvalue weighted by atomic mass is 10.1. The number of rotatable bonds is 8. The van der Waals surface area contributed by atoms with Crippen molar-refractivity contribution in [2.24, 2.45) is 11.7 Å². The number of hydrogen-bond acceptors (Lipinski definition) is 4. The molecule has 2 rings (SSSR count). The van der Waals surface area contributed by atoms with Crippen LogP contribution in [0.3, 0.4) is 0 Å². The van der Waals surface area contributed by atoms with Crippen LogP contribution < -0.4 is 15.8 Å². The van der Waals surface area contributed by atoms with Crippen molar-refractivity contribution in [3.63, 3.8) is 0 Å². The lowest BCUT2D eigenvalue weighted by Gasteiger charge is -2.18. The van der Waals surface area contributed by atoms with Crippen LogP contribution in [0.5, 0.6) is 0 Å². The van der Waals surface area contributed by atoms with Gasteiger partial charge in [0.2, 0.25) is 10.0 Å². The smallest absolute Gasteiger partial charge is 0.253 e. The molecule has 7 heteroatoms. The minimum atomic E-state index is -3.43. The van der Waals surface area contributed by atoms with Crippen LogP contribution in [-0.4, -0.2) is 32.7 Å². The molecule has 1 fully saturated rings. The lowest BCUT2D eigenvalue weighted by Crippen LogP contribution is -2.42. The zero-order chi connectivity index (χ0) is 16.2. The van der Waals surface area contributed by atoms with Crippen LogP contribution >= 0.6 is 0 Å². The largest absolute Gasteiger partial charge is 0.348 e. The number of benzene rings is 1. The molecule has 1 amide bonds. The van der Waals surface area contributed by atoms with Gasteiger partial charge in [-0.15, -0.1) is 0 Å². The number of nitrogens with one attached hydrogen (secondary N) is 2. The van der Waals surface area contributed by atoms with Crippen molar-refractivity contribution in [2.45, 2.75) is 32.2 Å². The van der Waals surface area contributed by atoms with Crippen molar-refractivity contribution >= 4 is 21.6 Å². The third-order valence-electron chi connectivity index (χ3n) is 3.67. The molecule has 1 aromatic carbocycles. The van der Waals surface area contributed by atoms with Crippen molar-refractivity contribution in [1.29, 1.82) is 0 Å². The summed E-state index contributed by atoms with van der Waals surface area (Å²) in [6.45, 7) is 2.18. The Labute approximate surface area is 131 Å². The summed E-state index contributed by atoms with van der Waals surface area (Å²) >= 11 is 0. The Morgan fingerprint density at radius 1 is 1.36 bits per heavy atom. The molecule has 0 saturated heterocycles. The van der Waals surface area contributed by atoms with Gasteiger partial charge in [0.25, 0.3) is 5.91 Å². The molecule has 4 N–H and O–H groups in total. The molecular weight excluding hydrogens is 302 g/mol. The summed E-state index contributed by atoms with van der Waals surface area (Å²) in [5.74, 6) is 0.172. The van der Waals surface area contributed by atoms with Crippen molar-refractivity contribution in [2.75, 3.05) is 17.0 Å². The normalized spacial score (nSPS) is 16.1. The van der Waals surface area contributed by atoms with Crippen LogP contribution in [0.2, 0.25) is 0 Å². The molecule has 1 unspecified atom stereocenters. The van der Waals surface area contributed by atoms with E-state index in [2.05, 4.69) is 10.0 Å². The fraction of sp³-hybridized carbons (Fsp3) is 0.533. The Bertz CT molecular complexity index is 627. The first kappa shape index (κ1) is 16.8. The van der Waals surface area contributed by atoms with Gasteiger partial charge < -0.3 is 11.1 Å². The van der Waals surface area contributed by atoms with Gasteiger partial charge in [0.05, 0.1) is 17.0 Å². The van der Waals surface area contributed by atoms with E-state index in [-0.39, 0.29) is 17.7 Å². The summed E-state index contributed by atoms with van der Waals surface area (Å²) in [5, 5.41) is 2.90. The highest BCUT2D eigenvalue weighted by Gasteiger charge is 2.31. The van der Waals surface area contributed by atoms with E-state index in [1.54, 1.807) is 31.2 Å². The number of nitrogens with two attached hydrogens (primary N) is 1. The van der Waals surface area contributed by atoms with E-state index < -0.39 is 10.0 Å². The van der Waals surface area contributed by atoms with Crippen LogP contribution in [-0.2, 0) is 10.0 Å². The molecule has 0 radical (unpaired) electrons. The van der Waals surface area contributed by atoms with Crippen molar-refractivity contribution in [3.05, 3.63) is 29.8 Å². The van der Waals surface area contributed by atoms with Gasteiger partial charge in [-0.1, -0.05) is 19.1 Å². The van der Waals surface area contributed by atoms with Gasteiger partial charge >= 0.3 is 0 Å². The first-order valence-corrected chi connectivity index (χ1v) is 9.22. The number of para-hydroxylation sites is 1. The van der Waals surface area contributed by atoms with E-state index in [0.29, 0.717) is 30.1 Å². The van der Waals surface area contributed by atoms with Crippen LogP contribution in [0.15, 0.2) is 24.3 Å². The minimum absolute atomic E-state index is 0.0243. The van der Waals surface area contributed by atoms with Gasteiger partial charge in [0.15, 0.2) is 0 Å². The van der Waals surface area contributed by atoms with Gasteiger partial charge in [-0.3, -0.25) is 9.52 Å². The summed E-state index contributed by atoms with van der Waals surface area (Å²) < 4.78 is 26.3. The van der Waals surface area contributed by atoms with Gasteiger partial charge in [-0.05, 0) is 37.3 Å². The standard InChI is InChI=1S/C15H23N3O3S/c1-2-9-22(20,21)18-13-6-4-3-5-12(13)15(19)17-14(10-16)11-7-8-11/h3-6,11,14,18H,2,7-10,16H2,1H3,(H,17,19). The molecule has 0 aliphatic heterocycles. The summed E-state index contributed by atoms with van der Waals surface area (Å²) in [6, 6.07) is 6.56. The summed E-state index contributed by atoms with van der Waals surface area (Å²) in [4.78, 5) is 12.4. The lowest BCUT2D eigenvalue weighted by molar-refractivity contribution is 0.0934. The topological polar surface area (TPSA) is 101 Å². The van der Waals surface area contributed by atoms with Crippen molar-refractivity contribution < 1.29 is 13.2 Å². The van der Waals surface area contributed by atoms with E-state index in [0.717, 1.165) is 12.8 Å². The van der Waals surface area contributed by atoms with E-state index in [1.165, 1.54) is 0 Å². The van der Waals surface area contributed by atoms with E-state index in [4.69, 9.17) is 5.73 Å². The molecule has 1 aromatic rings. The average Bonchev–Trinajstić information content (AvgIpc) is 3.29. The Morgan fingerprint density at radius 2 is 2.05 bits per heavy atom. The van der Waals surface area contributed by atoms with Crippen LogP contribution in [0.25, 0.3) is 0 Å². The molecule has 0 spiro atoms. The van der Waals surface area contributed by atoms with Crippen LogP contribution in [0.1, 0.15) is 36.5 Å². The van der Waals surface area contributed by atoms with Crippen molar-refractivity contribution in [1.82, 2.24) is 5.32 Å². The molecule has 1 atom stereocenters. The number of anilines is 1. The first-order chi connectivity index (χ1) is 10.5. The number of carbonyl (C=O) groups excluding carboxylic acids is 1. The maximum absolute atomic E-state index is 12.4. The fourth-order valence-electron chi connectivity index (χ4n) is 2.37. The average molecular weight is 325 g/mol. The highest BCUT2D eigenvalue weighted by Crippen LogP contribution is 2.32. The minimum Gasteiger partial charge on any atom is -0.348 e. The number of amides is 1. The zero-order valence-electron chi connectivity index (χ0n) is 12.7. The molecular formula is C15H23N3O3S. The van der Waals surface area contributed by atoms with E-state index >= 15 is 0 Å². The summed E-state index contributed by atoms with van der Waals surface area (Å²) in [6.07, 6.45) is 2.67. The first-order valence-electron chi connectivity index (χ1n) is 7.57. The van der Waals surface area contributed by atoms with Gasteiger partial charge in [-0.25, -0.2) is 8.42 Å². The molecule has 0 aromatic heterocycles. The Balaban J connectivity index is 2.15. The quantitative estimate of drug-likeness (QED) is 0.670. The summed E-state index contributed by atoms with van der Waals surface area (Å²) in [7, 11) is -3.43. The number of sulfonamides is 1. The Hall–Kier alpha value is -1.60. The third-order valence-corrected chi connectivity index (χ3v) is 5.15. The molecule has 122 valence electrons. The van der Waals surface area contributed by atoms with Crippen LogP contribution in [0.4, 0.5) is 5.69 Å². The van der Waals surface area contributed by atoms with Gasteiger partial charge in [-0.2, -0.15) is 0 Å². The highest BCUT2D eigenvalue weighted by molar-refractivity contribution is 7.92. The Morgan fingerprint density at radius 3 is 2.64 bits per heavy atom. The van der Waals surface area contributed by atoms with Crippen molar-refractivity contribution in [3.8, 4) is 0 Å². The molecule has 1 aliphatic carbocycles. The van der Waals surface area contributed by atoms with E-state index in [9.17, 15) is 13.2 Å². The molecule has 0 heterocycles. The SMILES string of the molecule is CCCS(=O)(=O)Nc1ccccc1C(=O)NC(CN)C1CC1. The molecule has 6 nitrogen and oxygen atoms in total. The molecule has 1 saturated carbocycles. The molecule has 0 bridgehead atoms. The predicted molar refractivity (Wildman–Crippen MR) is 87.2 cm³/mol. The fourth-order valence-corrected chi connectivity index (χ4v) is 3.52. The Kier molecular flexibility index (Phi) is 5.42. The number of carbonyl (C=O) groups is 1. The second-order valence-electron chi connectivity index (χ2n) is 5.62. The second-order valence-corrected chi connectivity index (χ2v) is 7.46. The maximum atomic E-state index is 12.4. The highest BCUT2D eigenvalue weighted by atomic mass is 32.2. The second kappa shape index (κ2) is 7.11. The van der Waals surface area contributed by atoms with Gasteiger partial charge in [0, 0.05) is 12.6 Å². The van der Waals surface area contributed by atoms with Gasteiger partial charge in [0.1, 0.15) is 0 Å². The predicted octanol–water partition coefficient (Wildman–Crippen LogP) is 1.31. The van der Waals surface area contributed by atoms with Crippen LogP contribution in [0, 0.1) is 5.92 Å². The molecule has 1 aliphatic rings.